The number of amides is 2. The third-order valence-corrected chi connectivity index (χ3v) is 8.12. The molecule has 0 saturated heterocycles. The molecule has 2 N–H and O–H groups in total. The first-order valence-corrected chi connectivity index (χ1v) is 19.7. The molecule has 0 atom stereocenters. The van der Waals surface area contributed by atoms with E-state index < -0.39 is 64.6 Å². The van der Waals surface area contributed by atoms with Gasteiger partial charge in [0.05, 0.1) is 32.7 Å². The molecule has 0 aliphatic carbocycles. The fourth-order valence-electron chi connectivity index (χ4n) is 4.86. The summed E-state index contributed by atoms with van der Waals surface area (Å²) in [5.41, 5.74) is -1.20. The number of esters is 5. The number of unbranched alkanes of at least 4 members (excludes halogenated alkanes) is 6. The summed E-state index contributed by atoms with van der Waals surface area (Å²) in [6.07, 6.45) is 4.78. The molecule has 0 aliphatic heterocycles. The van der Waals surface area contributed by atoms with Crippen LogP contribution in [0.5, 0.6) is 0 Å². The van der Waals surface area contributed by atoms with Crippen molar-refractivity contribution in [2.45, 2.75) is 143 Å². The van der Waals surface area contributed by atoms with Gasteiger partial charge in [-0.05, 0) is 80.1 Å². The average molecular weight is 825 g/mol. The molecular formula is C41H64N2O15. The first-order valence-electron chi connectivity index (χ1n) is 19.7. The van der Waals surface area contributed by atoms with Crippen molar-refractivity contribution in [3.05, 3.63) is 24.3 Å². The van der Waals surface area contributed by atoms with Crippen LogP contribution < -0.4 is 10.6 Å². The van der Waals surface area contributed by atoms with E-state index in [0.717, 1.165) is 19.3 Å². The van der Waals surface area contributed by atoms with E-state index in [-0.39, 0.29) is 76.3 Å². The Morgan fingerprint density at radius 2 is 0.897 bits per heavy atom. The van der Waals surface area contributed by atoms with Crippen LogP contribution in [0.1, 0.15) is 131 Å². The van der Waals surface area contributed by atoms with Crippen LogP contribution in [0.3, 0.4) is 0 Å². The number of hydrogen-bond acceptors (Lipinski definition) is 15. The van der Waals surface area contributed by atoms with Gasteiger partial charge in [-0.3, -0.25) is 19.2 Å². The molecule has 0 fully saturated rings. The van der Waals surface area contributed by atoms with E-state index in [0.29, 0.717) is 44.9 Å². The minimum atomic E-state index is -1.03. The number of carbonyl (C=O) groups excluding carboxylic acids is 9. The van der Waals surface area contributed by atoms with Crippen LogP contribution in [0.25, 0.3) is 0 Å². The first-order chi connectivity index (χ1) is 27.2. The number of rotatable bonds is 32. The molecule has 0 aromatic heterocycles. The Labute approximate surface area is 341 Å². The highest BCUT2D eigenvalue weighted by atomic mass is 16.6. The smallest absolute Gasteiger partial charge is 0.407 e. The van der Waals surface area contributed by atoms with E-state index in [2.05, 4.69) is 23.8 Å². The van der Waals surface area contributed by atoms with Crippen LogP contribution in [0.4, 0.5) is 4.79 Å². The third kappa shape index (κ3) is 28.3. The highest BCUT2D eigenvalue weighted by Crippen LogP contribution is 2.21. The lowest BCUT2D eigenvalue weighted by atomic mass is 9.99. The van der Waals surface area contributed by atoms with E-state index in [1.807, 2.05) is 0 Å². The molecule has 58 heavy (non-hydrogen) atoms. The number of nitrogens with one attached hydrogen (secondary N) is 2. The molecule has 2 amide bonds. The molecule has 17 nitrogen and oxygen atoms in total. The molecule has 0 saturated carbocycles. The summed E-state index contributed by atoms with van der Waals surface area (Å²) in [6, 6.07) is 0. The first kappa shape index (κ1) is 52.9. The number of alkyl carbamates (subject to hydrolysis) is 1. The Balaban J connectivity index is 4.05. The van der Waals surface area contributed by atoms with Crippen molar-refractivity contribution < 1.29 is 71.6 Å². The number of Topliss-reactive ketones (excluding diaryl/α,β-unsaturated/α-hetero) is 2. The van der Waals surface area contributed by atoms with E-state index in [1.165, 1.54) is 13.8 Å². The van der Waals surface area contributed by atoms with Gasteiger partial charge in [-0.1, -0.05) is 38.8 Å². The summed E-state index contributed by atoms with van der Waals surface area (Å²) in [5, 5.41) is 4.97. The summed E-state index contributed by atoms with van der Waals surface area (Å²) in [7, 11) is 0. The average Bonchev–Trinajstić information content (AvgIpc) is 3.14. The van der Waals surface area contributed by atoms with Crippen molar-refractivity contribution in [1.29, 1.82) is 0 Å². The van der Waals surface area contributed by atoms with E-state index in [4.69, 9.17) is 28.4 Å². The third-order valence-electron chi connectivity index (χ3n) is 8.12. The van der Waals surface area contributed by atoms with Crippen LogP contribution in [0.15, 0.2) is 24.3 Å². The standard InChI is InChI=1S/C41H64N2O15/c1-29(2)35(48)54-27-23-42-33(46)19-17-32(45)38(51)58-41(7,8)22-14-9-11-15-25-53-37(50)31(44)18-20-34(47)57-40(5,6)21-13-10-12-16-26-56-39(52)43-24-28-55-36(49)30(3)4/h1,3,9-28H2,2,4-8H3,(H,42,46)(H,43,52). The van der Waals surface area contributed by atoms with Crippen LogP contribution >= 0.6 is 0 Å². The van der Waals surface area contributed by atoms with Crippen molar-refractivity contribution in [3.8, 4) is 0 Å². The quantitative estimate of drug-likeness (QED) is 0.0303. The lowest BCUT2D eigenvalue weighted by Crippen LogP contribution is -2.33. The van der Waals surface area contributed by atoms with Gasteiger partial charge in [-0.15, -0.1) is 0 Å². The highest BCUT2D eigenvalue weighted by molar-refractivity contribution is 6.34. The second-order valence-electron chi connectivity index (χ2n) is 14.9. The Morgan fingerprint density at radius 1 is 0.466 bits per heavy atom. The van der Waals surface area contributed by atoms with Crippen molar-refractivity contribution in [3.63, 3.8) is 0 Å². The molecule has 0 heterocycles. The molecule has 17 heteroatoms. The van der Waals surface area contributed by atoms with Gasteiger partial charge in [0, 0.05) is 30.4 Å². The molecular weight excluding hydrogens is 760 g/mol. The minimum Gasteiger partial charge on any atom is -0.460 e. The number of hydrogen-bond donors (Lipinski definition) is 2. The van der Waals surface area contributed by atoms with E-state index in [1.54, 1.807) is 27.7 Å². The fourth-order valence-corrected chi connectivity index (χ4v) is 4.86. The zero-order valence-electron chi connectivity index (χ0n) is 35.2. The molecule has 0 radical (unpaired) electrons. The fraction of sp³-hybridized carbons (Fsp3) is 0.683. The molecule has 0 rings (SSSR count). The largest absolute Gasteiger partial charge is 0.460 e. The van der Waals surface area contributed by atoms with E-state index >= 15 is 0 Å². The lowest BCUT2D eigenvalue weighted by Gasteiger charge is -2.25. The second-order valence-corrected chi connectivity index (χ2v) is 14.9. The van der Waals surface area contributed by atoms with Gasteiger partial charge in [0.2, 0.25) is 17.5 Å². The summed E-state index contributed by atoms with van der Waals surface area (Å²) in [4.78, 5) is 107. The molecule has 0 bridgehead atoms. The van der Waals surface area contributed by atoms with Crippen molar-refractivity contribution in [1.82, 2.24) is 10.6 Å². The molecule has 0 spiro atoms. The lowest BCUT2D eigenvalue weighted by molar-refractivity contribution is -0.164. The van der Waals surface area contributed by atoms with Crippen LogP contribution in [0.2, 0.25) is 0 Å². The predicted molar refractivity (Wildman–Crippen MR) is 210 cm³/mol. The van der Waals surface area contributed by atoms with E-state index in [9.17, 15) is 43.2 Å². The highest BCUT2D eigenvalue weighted by Gasteiger charge is 2.27. The zero-order valence-corrected chi connectivity index (χ0v) is 35.2. The van der Waals surface area contributed by atoms with Gasteiger partial charge in [0.25, 0.3) is 0 Å². The van der Waals surface area contributed by atoms with Gasteiger partial charge < -0.3 is 39.1 Å². The summed E-state index contributed by atoms with van der Waals surface area (Å²) in [6.45, 7) is 17.2. The zero-order chi connectivity index (χ0) is 44.1. The van der Waals surface area contributed by atoms with Gasteiger partial charge in [-0.25, -0.2) is 24.0 Å². The Morgan fingerprint density at radius 3 is 1.43 bits per heavy atom. The summed E-state index contributed by atoms with van der Waals surface area (Å²) < 4.78 is 30.7. The van der Waals surface area contributed by atoms with Crippen molar-refractivity contribution in [2.75, 3.05) is 39.5 Å². The maximum Gasteiger partial charge on any atom is 0.407 e. The van der Waals surface area contributed by atoms with Gasteiger partial charge in [0.1, 0.15) is 24.4 Å². The summed E-state index contributed by atoms with van der Waals surface area (Å²) >= 11 is 0. The Bertz CT molecular complexity index is 1430. The molecule has 0 aliphatic rings. The minimum absolute atomic E-state index is 0.0158. The molecule has 0 aromatic carbocycles. The topological polar surface area (TPSA) is 233 Å². The van der Waals surface area contributed by atoms with Gasteiger partial charge in [-0.2, -0.15) is 0 Å². The summed E-state index contributed by atoms with van der Waals surface area (Å²) in [5.74, 6) is -5.88. The second kappa shape index (κ2) is 29.2. The molecule has 328 valence electrons. The van der Waals surface area contributed by atoms with Crippen LogP contribution in [-0.2, 0) is 66.8 Å². The number of ether oxygens (including phenoxy) is 6. The predicted octanol–water partition coefficient (Wildman–Crippen LogP) is 4.85. The van der Waals surface area contributed by atoms with Crippen LogP contribution in [-0.4, -0.2) is 104 Å². The normalized spacial score (nSPS) is 11.0. The monoisotopic (exact) mass is 824 g/mol. The Hall–Kier alpha value is -5.09. The van der Waals surface area contributed by atoms with Crippen LogP contribution in [0, 0.1) is 0 Å². The van der Waals surface area contributed by atoms with Crippen molar-refractivity contribution >= 4 is 53.4 Å². The van der Waals surface area contributed by atoms with Crippen molar-refractivity contribution in [2.24, 2.45) is 0 Å². The maximum atomic E-state index is 12.3. The Kier molecular flexibility index (Phi) is 26.6. The number of carbonyl (C=O) groups is 9. The maximum absolute atomic E-state index is 12.3. The van der Waals surface area contributed by atoms with Gasteiger partial charge in [0.15, 0.2) is 0 Å². The SMILES string of the molecule is C=C(C)C(=O)OCCNC(=O)CCC(=O)C(=O)OC(C)(C)CCCCCCOC(=O)C(=O)CCC(=O)OC(C)(C)CCCCCCOC(=O)NCCOC(=O)C(=C)C. The molecule has 0 aromatic rings. The van der Waals surface area contributed by atoms with Gasteiger partial charge >= 0.3 is 35.9 Å². The molecule has 0 unspecified atom stereocenters. The number of ketones is 2.